The fourth-order valence-electron chi connectivity index (χ4n) is 3.02. The minimum Gasteiger partial charge on any atom is -0.305 e. The van der Waals surface area contributed by atoms with Crippen molar-refractivity contribution in [2.45, 2.75) is 11.4 Å². The number of carbonyl (C=O) groups is 1. The number of nitrogens with one attached hydrogen (secondary N) is 1. The van der Waals surface area contributed by atoms with Crippen LogP contribution in [-0.4, -0.2) is 42.5 Å². The maximum atomic E-state index is 13.1. The molecule has 31 heavy (non-hydrogen) atoms. The minimum absolute atomic E-state index is 0.163. The molecule has 0 spiro atoms. The van der Waals surface area contributed by atoms with E-state index in [1.54, 1.807) is 52.3 Å². The monoisotopic (exact) mass is 551 g/mol. The highest BCUT2D eigenvalue weighted by Crippen LogP contribution is 2.25. The Labute approximate surface area is 195 Å². The summed E-state index contributed by atoms with van der Waals surface area (Å²) in [6.45, 7) is 0.831. The Morgan fingerprint density at radius 1 is 1.13 bits per heavy atom. The van der Waals surface area contributed by atoms with E-state index in [9.17, 15) is 13.2 Å². The molecular weight excluding hydrogens is 529 g/mol. The van der Waals surface area contributed by atoms with Crippen LogP contribution in [0.3, 0.4) is 0 Å². The lowest BCUT2D eigenvalue weighted by atomic mass is 10.0. The fraction of sp³-hybridized carbons (Fsp3) is 0.136. The van der Waals surface area contributed by atoms with Crippen molar-refractivity contribution in [2.24, 2.45) is 0 Å². The highest BCUT2D eigenvalue weighted by Gasteiger charge is 2.17. The van der Waals surface area contributed by atoms with Gasteiger partial charge in [-0.1, -0.05) is 36.4 Å². The summed E-state index contributed by atoms with van der Waals surface area (Å²) < 4.78 is 27.5. The summed E-state index contributed by atoms with van der Waals surface area (Å²) in [4.78, 5) is 13.7. The third-order valence-electron chi connectivity index (χ3n) is 4.50. The first-order chi connectivity index (χ1) is 14.7. The van der Waals surface area contributed by atoms with Gasteiger partial charge < -0.3 is 4.90 Å². The van der Waals surface area contributed by atoms with Gasteiger partial charge in [0, 0.05) is 18.9 Å². The van der Waals surface area contributed by atoms with Crippen LogP contribution in [0.25, 0.3) is 17.2 Å². The zero-order valence-corrected chi connectivity index (χ0v) is 20.0. The molecule has 3 aromatic rings. The molecule has 0 saturated carbocycles. The summed E-state index contributed by atoms with van der Waals surface area (Å²) in [7, 11) is 0.208. The topological polar surface area (TPSA) is 91.6 Å². The van der Waals surface area contributed by atoms with Gasteiger partial charge in [0.15, 0.2) is 0 Å². The molecule has 0 aliphatic carbocycles. The number of aromatic nitrogens is 1. The molecule has 0 bridgehead atoms. The number of hydrogen-bond acceptors (Lipinski definition) is 5. The van der Waals surface area contributed by atoms with E-state index in [2.05, 4.69) is 4.90 Å². The third kappa shape index (κ3) is 5.62. The lowest BCUT2D eigenvalue weighted by Gasteiger charge is -2.11. The normalized spacial score (nSPS) is 12.2. The zero-order valence-electron chi connectivity index (χ0n) is 17.0. The molecule has 0 atom stereocenters. The van der Waals surface area contributed by atoms with E-state index < -0.39 is 15.9 Å². The van der Waals surface area contributed by atoms with Crippen molar-refractivity contribution in [2.75, 3.05) is 14.1 Å². The van der Waals surface area contributed by atoms with Crippen LogP contribution < -0.4 is 5.48 Å². The first-order valence-corrected chi connectivity index (χ1v) is 11.8. The van der Waals surface area contributed by atoms with Crippen molar-refractivity contribution in [1.82, 2.24) is 14.4 Å². The molecule has 0 aliphatic heterocycles. The van der Waals surface area contributed by atoms with Gasteiger partial charge in [0.2, 0.25) is 0 Å². The summed E-state index contributed by atoms with van der Waals surface area (Å²) in [5.41, 5.74) is 4.97. The lowest BCUT2D eigenvalue weighted by Crippen LogP contribution is -2.17. The van der Waals surface area contributed by atoms with Crippen molar-refractivity contribution in [3.8, 4) is 11.1 Å². The van der Waals surface area contributed by atoms with E-state index in [-0.39, 0.29) is 8.48 Å². The molecule has 2 N–H and O–H groups in total. The standard InChI is InChI=1S/C22H22IN3O4S/c1-25(2)14-16-6-8-18(9-7-16)19-4-3-5-20(13-19)31(29,30)26-11-10-17(15-26)12-21(23)22(27)24-28/h3-13,15,28H,14H2,1-2H3,(H,24,27). The van der Waals surface area contributed by atoms with Crippen molar-refractivity contribution in [3.63, 3.8) is 0 Å². The summed E-state index contributed by atoms with van der Waals surface area (Å²) in [6, 6.07) is 16.4. The maximum Gasteiger partial charge on any atom is 0.280 e. The number of amides is 1. The summed E-state index contributed by atoms with van der Waals surface area (Å²) in [6.07, 6.45) is 4.32. The van der Waals surface area contributed by atoms with Crippen LogP contribution in [0, 0.1) is 0 Å². The zero-order chi connectivity index (χ0) is 22.6. The molecule has 2 aromatic carbocycles. The number of halogens is 1. The van der Waals surface area contributed by atoms with Crippen LogP contribution in [0.1, 0.15) is 11.1 Å². The number of benzene rings is 2. The number of hydrogen-bond donors (Lipinski definition) is 2. The Balaban J connectivity index is 1.89. The van der Waals surface area contributed by atoms with Gasteiger partial charge >= 0.3 is 0 Å². The number of hydroxylamine groups is 1. The van der Waals surface area contributed by atoms with E-state index in [1.807, 2.05) is 44.4 Å². The predicted octanol–water partition coefficient (Wildman–Crippen LogP) is 3.74. The fourth-order valence-corrected chi connectivity index (χ4v) is 4.75. The van der Waals surface area contributed by atoms with Gasteiger partial charge in [-0.3, -0.25) is 10.0 Å². The lowest BCUT2D eigenvalue weighted by molar-refractivity contribution is -0.124. The number of rotatable bonds is 7. The van der Waals surface area contributed by atoms with Crippen LogP contribution in [-0.2, 0) is 21.4 Å². The number of carbonyl (C=O) groups excluding carboxylic acids is 1. The van der Waals surface area contributed by atoms with Crippen molar-refractivity contribution in [3.05, 3.63) is 81.7 Å². The molecule has 1 amide bonds. The molecule has 0 aliphatic rings. The Morgan fingerprint density at radius 2 is 1.84 bits per heavy atom. The van der Waals surface area contributed by atoms with Crippen molar-refractivity contribution >= 4 is 44.6 Å². The molecule has 7 nitrogen and oxygen atoms in total. The summed E-state index contributed by atoms with van der Waals surface area (Å²) in [5.74, 6) is -0.666. The van der Waals surface area contributed by atoms with Gasteiger partial charge in [0.1, 0.15) is 0 Å². The molecule has 162 valence electrons. The first kappa shape index (κ1) is 23.2. The van der Waals surface area contributed by atoms with Gasteiger partial charge in [0.05, 0.1) is 8.48 Å². The predicted molar refractivity (Wildman–Crippen MR) is 128 cm³/mol. The molecule has 1 heterocycles. The Kier molecular flexibility index (Phi) is 7.31. The molecule has 1 aromatic heterocycles. The Morgan fingerprint density at radius 3 is 2.48 bits per heavy atom. The van der Waals surface area contributed by atoms with Crippen LogP contribution in [0.15, 0.2) is 75.5 Å². The average molecular weight is 551 g/mol. The summed E-state index contributed by atoms with van der Waals surface area (Å²) >= 11 is 1.76. The second-order valence-corrected chi connectivity index (χ2v) is 10.2. The molecule has 0 fully saturated rings. The molecular formula is C22H22IN3O4S. The quantitative estimate of drug-likeness (QED) is 0.202. The first-order valence-electron chi connectivity index (χ1n) is 9.30. The highest BCUT2D eigenvalue weighted by atomic mass is 127. The Hall–Kier alpha value is -2.47. The van der Waals surface area contributed by atoms with E-state index >= 15 is 0 Å². The second-order valence-electron chi connectivity index (χ2n) is 7.18. The largest absolute Gasteiger partial charge is 0.305 e. The van der Waals surface area contributed by atoms with E-state index in [4.69, 9.17) is 5.21 Å². The van der Waals surface area contributed by atoms with E-state index in [1.165, 1.54) is 24.0 Å². The van der Waals surface area contributed by atoms with Gasteiger partial charge in [-0.15, -0.1) is 0 Å². The smallest absolute Gasteiger partial charge is 0.280 e. The highest BCUT2D eigenvalue weighted by molar-refractivity contribution is 14.1. The van der Waals surface area contributed by atoms with E-state index in [0.29, 0.717) is 5.56 Å². The molecule has 0 radical (unpaired) electrons. The van der Waals surface area contributed by atoms with E-state index in [0.717, 1.165) is 21.6 Å². The maximum absolute atomic E-state index is 13.1. The molecule has 9 heteroatoms. The number of nitrogens with zero attached hydrogens (tertiary/aromatic N) is 2. The van der Waals surface area contributed by atoms with Crippen molar-refractivity contribution in [1.29, 1.82) is 0 Å². The molecule has 3 rings (SSSR count). The third-order valence-corrected chi connectivity index (χ3v) is 6.93. The van der Waals surface area contributed by atoms with Gasteiger partial charge in [0.25, 0.3) is 15.9 Å². The van der Waals surface area contributed by atoms with Gasteiger partial charge in [-0.2, -0.15) is 0 Å². The van der Waals surface area contributed by atoms with Gasteiger partial charge in [-0.05, 0) is 83.2 Å². The van der Waals surface area contributed by atoms with Crippen LogP contribution in [0.5, 0.6) is 0 Å². The minimum atomic E-state index is -3.81. The van der Waals surface area contributed by atoms with Crippen LogP contribution in [0.4, 0.5) is 0 Å². The van der Waals surface area contributed by atoms with Gasteiger partial charge in [-0.25, -0.2) is 17.9 Å². The Bertz CT molecular complexity index is 1220. The van der Waals surface area contributed by atoms with Crippen LogP contribution in [0.2, 0.25) is 0 Å². The molecule has 0 saturated heterocycles. The second kappa shape index (κ2) is 9.77. The SMILES string of the molecule is CN(C)Cc1ccc(-c2cccc(S(=O)(=O)n3ccc(C=C(I)C(=O)NO)c3)c2)cc1. The molecule has 0 unspecified atom stereocenters. The van der Waals surface area contributed by atoms with Crippen LogP contribution >= 0.6 is 22.6 Å². The van der Waals surface area contributed by atoms with Crippen molar-refractivity contribution < 1.29 is 18.4 Å². The average Bonchev–Trinajstić information content (AvgIpc) is 3.22. The summed E-state index contributed by atoms with van der Waals surface area (Å²) in [5, 5.41) is 8.69.